The van der Waals surface area contributed by atoms with Gasteiger partial charge in [-0.2, -0.15) is 0 Å². The summed E-state index contributed by atoms with van der Waals surface area (Å²) in [6.07, 6.45) is 3.93. The number of piperidine rings is 1. The van der Waals surface area contributed by atoms with E-state index in [0.717, 1.165) is 62.6 Å². The Kier molecular flexibility index (Phi) is 9.52. The van der Waals surface area contributed by atoms with Crippen molar-refractivity contribution in [2.45, 2.75) is 32.7 Å². The van der Waals surface area contributed by atoms with Crippen LogP contribution in [0.15, 0.2) is 23.2 Å². The molecule has 8 heteroatoms. The Morgan fingerprint density at radius 3 is 2.48 bits per heavy atom. The summed E-state index contributed by atoms with van der Waals surface area (Å²) in [6, 6.07) is 6.28. The van der Waals surface area contributed by atoms with Gasteiger partial charge >= 0.3 is 0 Å². The highest BCUT2D eigenvalue weighted by atomic mass is 127. The molecule has 174 valence electrons. The van der Waals surface area contributed by atoms with Crippen molar-refractivity contribution in [1.29, 1.82) is 0 Å². The van der Waals surface area contributed by atoms with Crippen LogP contribution in [0.5, 0.6) is 11.5 Å². The Labute approximate surface area is 204 Å². The summed E-state index contributed by atoms with van der Waals surface area (Å²) in [4.78, 5) is 12.0. The lowest BCUT2D eigenvalue weighted by molar-refractivity contribution is 0.170. The first kappa shape index (κ1) is 24.4. The Morgan fingerprint density at radius 2 is 1.77 bits per heavy atom. The molecule has 0 spiro atoms. The van der Waals surface area contributed by atoms with Gasteiger partial charge in [0, 0.05) is 46.3 Å². The number of guanidine groups is 1. The number of ether oxygens (including phenoxy) is 2. The summed E-state index contributed by atoms with van der Waals surface area (Å²) in [7, 11) is 1.90. The number of nitrogens with one attached hydrogen (secondary N) is 1. The van der Waals surface area contributed by atoms with E-state index in [2.05, 4.69) is 44.1 Å². The molecule has 4 rings (SSSR count). The van der Waals surface area contributed by atoms with Crippen LogP contribution in [0.2, 0.25) is 0 Å². The molecule has 0 unspecified atom stereocenters. The highest BCUT2D eigenvalue weighted by molar-refractivity contribution is 14.0. The van der Waals surface area contributed by atoms with E-state index in [-0.39, 0.29) is 24.0 Å². The van der Waals surface area contributed by atoms with Gasteiger partial charge in [0.25, 0.3) is 0 Å². The minimum Gasteiger partial charge on any atom is -0.454 e. The highest BCUT2D eigenvalue weighted by Crippen LogP contribution is 2.32. The molecule has 0 radical (unpaired) electrons. The predicted molar refractivity (Wildman–Crippen MR) is 136 cm³/mol. The number of rotatable bonds is 6. The van der Waals surface area contributed by atoms with Crippen molar-refractivity contribution in [2.24, 2.45) is 10.9 Å². The predicted octanol–water partition coefficient (Wildman–Crippen LogP) is 2.85. The van der Waals surface area contributed by atoms with Gasteiger partial charge in [-0.25, -0.2) is 0 Å². The third-order valence-corrected chi connectivity index (χ3v) is 6.72. The van der Waals surface area contributed by atoms with Crippen molar-refractivity contribution in [2.75, 3.05) is 66.2 Å². The summed E-state index contributed by atoms with van der Waals surface area (Å²) < 4.78 is 10.9. The van der Waals surface area contributed by atoms with Gasteiger partial charge in [-0.05, 0) is 62.5 Å². The first-order chi connectivity index (χ1) is 14.7. The number of piperazine rings is 1. The number of halogens is 1. The van der Waals surface area contributed by atoms with Gasteiger partial charge in [-0.3, -0.25) is 9.89 Å². The number of benzene rings is 1. The fourth-order valence-corrected chi connectivity index (χ4v) is 4.73. The van der Waals surface area contributed by atoms with Crippen molar-refractivity contribution in [3.8, 4) is 11.5 Å². The minimum atomic E-state index is 0. The Morgan fingerprint density at radius 1 is 1.03 bits per heavy atom. The zero-order chi connectivity index (χ0) is 20.8. The number of hydrogen-bond acceptors (Lipinski definition) is 5. The van der Waals surface area contributed by atoms with Crippen LogP contribution in [0, 0.1) is 5.92 Å². The molecule has 31 heavy (non-hydrogen) atoms. The monoisotopic (exact) mass is 543 g/mol. The smallest absolute Gasteiger partial charge is 0.231 e. The van der Waals surface area contributed by atoms with Crippen LogP contribution in [0.25, 0.3) is 0 Å². The largest absolute Gasteiger partial charge is 0.454 e. The van der Waals surface area contributed by atoms with E-state index in [4.69, 9.17) is 9.47 Å². The molecule has 3 aliphatic heterocycles. The van der Waals surface area contributed by atoms with E-state index < -0.39 is 0 Å². The van der Waals surface area contributed by atoms with Gasteiger partial charge in [0.05, 0.1) is 0 Å². The summed E-state index contributed by atoms with van der Waals surface area (Å²) in [5, 5.41) is 3.62. The van der Waals surface area contributed by atoms with E-state index in [1.165, 1.54) is 44.5 Å². The van der Waals surface area contributed by atoms with Gasteiger partial charge < -0.3 is 24.6 Å². The van der Waals surface area contributed by atoms with Crippen LogP contribution in [-0.2, 0) is 6.54 Å². The van der Waals surface area contributed by atoms with E-state index in [0.29, 0.717) is 6.79 Å². The number of likely N-dealkylation sites (tertiary alicyclic amines) is 1. The van der Waals surface area contributed by atoms with Crippen LogP contribution < -0.4 is 14.8 Å². The van der Waals surface area contributed by atoms with Crippen molar-refractivity contribution in [3.63, 3.8) is 0 Å². The Bertz CT molecular complexity index is 716. The van der Waals surface area contributed by atoms with Crippen LogP contribution in [0.4, 0.5) is 0 Å². The lowest BCUT2D eigenvalue weighted by Gasteiger charge is -2.37. The number of nitrogens with zero attached hydrogens (tertiary/aromatic N) is 4. The molecule has 7 nitrogen and oxygen atoms in total. The topological polar surface area (TPSA) is 52.6 Å². The molecule has 0 saturated carbocycles. The maximum absolute atomic E-state index is 5.51. The van der Waals surface area contributed by atoms with Gasteiger partial charge in [-0.15, -0.1) is 24.0 Å². The maximum atomic E-state index is 5.51. The normalized spacial score (nSPS) is 20.6. The Balaban J connectivity index is 0.00000272. The number of hydrogen-bond donors (Lipinski definition) is 1. The first-order valence-corrected chi connectivity index (χ1v) is 11.5. The third-order valence-electron chi connectivity index (χ3n) is 6.72. The molecular weight excluding hydrogens is 505 g/mol. The molecule has 3 heterocycles. The lowest BCUT2D eigenvalue weighted by atomic mass is 9.93. The van der Waals surface area contributed by atoms with Crippen LogP contribution in [0.1, 0.15) is 31.7 Å². The molecule has 0 aromatic heterocycles. The van der Waals surface area contributed by atoms with Crippen molar-refractivity contribution in [1.82, 2.24) is 20.0 Å². The van der Waals surface area contributed by atoms with Crippen LogP contribution in [-0.4, -0.2) is 86.9 Å². The highest BCUT2D eigenvalue weighted by Gasteiger charge is 2.22. The molecule has 0 atom stereocenters. The average molecular weight is 543 g/mol. The third kappa shape index (κ3) is 6.61. The van der Waals surface area contributed by atoms with Gasteiger partial charge in [0.15, 0.2) is 17.5 Å². The Hall–Kier alpha value is -1.26. The van der Waals surface area contributed by atoms with E-state index in [1.54, 1.807) is 0 Å². The van der Waals surface area contributed by atoms with Crippen LogP contribution >= 0.6 is 24.0 Å². The molecule has 0 amide bonds. The minimum absolute atomic E-state index is 0. The maximum Gasteiger partial charge on any atom is 0.231 e. The second-order valence-corrected chi connectivity index (χ2v) is 8.59. The number of fused-ring (bicyclic) bond motifs is 1. The molecule has 1 aromatic rings. The summed E-state index contributed by atoms with van der Waals surface area (Å²) >= 11 is 0. The molecule has 1 N–H and O–H groups in total. The average Bonchev–Trinajstić information content (AvgIpc) is 3.26. The van der Waals surface area contributed by atoms with Crippen molar-refractivity contribution in [3.05, 3.63) is 23.8 Å². The van der Waals surface area contributed by atoms with E-state index >= 15 is 0 Å². The molecule has 0 bridgehead atoms. The van der Waals surface area contributed by atoms with Crippen molar-refractivity contribution < 1.29 is 9.47 Å². The summed E-state index contributed by atoms with van der Waals surface area (Å²) in [5.74, 6) is 3.64. The van der Waals surface area contributed by atoms with E-state index in [1.807, 2.05) is 13.1 Å². The number of aliphatic imine (C=N–C) groups is 1. The van der Waals surface area contributed by atoms with Crippen LogP contribution in [0.3, 0.4) is 0 Å². The van der Waals surface area contributed by atoms with E-state index in [9.17, 15) is 0 Å². The zero-order valence-corrected chi connectivity index (χ0v) is 21.3. The summed E-state index contributed by atoms with van der Waals surface area (Å²) in [5.41, 5.74) is 1.28. The zero-order valence-electron chi connectivity index (χ0n) is 19.0. The summed E-state index contributed by atoms with van der Waals surface area (Å²) in [6.45, 7) is 12.4. The lowest BCUT2D eigenvalue weighted by Crippen LogP contribution is -2.52. The standard InChI is InChI=1S/C23H37N5O2.HI/c1-3-26-10-7-19(8-11-26)6-9-25-23(24-2)28-14-12-27(13-15-28)17-20-4-5-21-22(16-20)30-18-29-21;/h4-5,16,19H,3,6-15,17-18H2,1-2H3,(H,24,25);1H. The van der Waals surface area contributed by atoms with Gasteiger partial charge in [-0.1, -0.05) is 13.0 Å². The fourth-order valence-electron chi connectivity index (χ4n) is 4.73. The SMILES string of the molecule is CCN1CCC(CCNC(=NC)N2CCN(Cc3ccc4c(c3)OCO4)CC2)CC1.I. The second-order valence-electron chi connectivity index (χ2n) is 8.59. The molecule has 2 fully saturated rings. The van der Waals surface area contributed by atoms with Gasteiger partial charge in [0.2, 0.25) is 6.79 Å². The first-order valence-electron chi connectivity index (χ1n) is 11.5. The fraction of sp³-hybridized carbons (Fsp3) is 0.696. The molecule has 3 aliphatic rings. The second kappa shape index (κ2) is 12.1. The molecular formula is C23H38IN5O2. The quantitative estimate of drug-likeness (QED) is 0.339. The van der Waals surface area contributed by atoms with Crippen molar-refractivity contribution >= 4 is 29.9 Å². The van der Waals surface area contributed by atoms with Gasteiger partial charge in [0.1, 0.15) is 0 Å². The molecule has 0 aliphatic carbocycles. The molecule has 2 saturated heterocycles. The molecule has 1 aromatic carbocycles.